The Morgan fingerprint density at radius 1 is 1.37 bits per heavy atom. The third kappa shape index (κ3) is 4.62. The second-order valence-corrected chi connectivity index (χ2v) is 5.69. The van der Waals surface area contributed by atoms with Crippen LogP contribution in [0.1, 0.15) is 38.4 Å². The molecule has 2 heterocycles. The summed E-state index contributed by atoms with van der Waals surface area (Å²) in [6.07, 6.45) is 10.3. The van der Waals surface area contributed by atoms with Crippen LogP contribution in [-0.4, -0.2) is 46.7 Å². The van der Waals surface area contributed by atoms with E-state index in [0.29, 0.717) is 0 Å². The fourth-order valence-electron chi connectivity index (χ4n) is 2.86. The molecule has 0 bridgehead atoms. The highest BCUT2D eigenvalue weighted by Crippen LogP contribution is 2.15. The molecular formula is C15H28N4. The molecule has 0 amide bonds. The van der Waals surface area contributed by atoms with Gasteiger partial charge in [-0.1, -0.05) is 6.42 Å². The lowest BCUT2D eigenvalue weighted by atomic mass is 10.0. The monoisotopic (exact) mass is 264 g/mol. The van der Waals surface area contributed by atoms with Crippen molar-refractivity contribution in [3.8, 4) is 0 Å². The minimum atomic E-state index is 0.793. The molecule has 0 aliphatic carbocycles. The first-order valence-electron chi connectivity index (χ1n) is 7.68. The number of nitrogens with one attached hydrogen (secondary N) is 1. The predicted molar refractivity (Wildman–Crippen MR) is 79.3 cm³/mol. The Morgan fingerprint density at radius 3 is 3.00 bits per heavy atom. The molecule has 19 heavy (non-hydrogen) atoms. The lowest BCUT2D eigenvalue weighted by Gasteiger charge is -2.33. The molecule has 0 spiro atoms. The van der Waals surface area contributed by atoms with Crippen LogP contribution < -0.4 is 5.32 Å². The zero-order valence-corrected chi connectivity index (χ0v) is 12.4. The quantitative estimate of drug-likeness (QED) is 0.763. The maximum Gasteiger partial charge on any atom is 0.109 e. The van der Waals surface area contributed by atoms with E-state index in [2.05, 4.69) is 33.7 Å². The van der Waals surface area contributed by atoms with Crippen LogP contribution in [0.4, 0.5) is 0 Å². The average Bonchev–Trinajstić information content (AvgIpc) is 2.81. The van der Waals surface area contributed by atoms with Gasteiger partial charge in [0.05, 0.1) is 0 Å². The van der Waals surface area contributed by atoms with Gasteiger partial charge in [-0.2, -0.15) is 0 Å². The van der Waals surface area contributed by atoms with Crippen molar-refractivity contribution in [1.82, 2.24) is 19.8 Å². The maximum atomic E-state index is 4.33. The topological polar surface area (TPSA) is 33.1 Å². The summed E-state index contributed by atoms with van der Waals surface area (Å²) in [4.78, 5) is 6.97. The SMILES string of the molecule is CC1CCCCN1CCCNCCc1nccn1C. The molecule has 1 N–H and O–H groups in total. The molecule has 0 saturated carbocycles. The average molecular weight is 264 g/mol. The van der Waals surface area contributed by atoms with Crippen molar-refractivity contribution in [2.45, 2.75) is 45.1 Å². The molecule has 1 aliphatic heterocycles. The van der Waals surface area contributed by atoms with Crippen LogP contribution in [0, 0.1) is 0 Å². The Kier molecular flexibility index (Phi) is 5.86. The summed E-state index contributed by atoms with van der Waals surface area (Å²) >= 11 is 0. The van der Waals surface area contributed by atoms with Gasteiger partial charge < -0.3 is 14.8 Å². The van der Waals surface area contributed by atoms with Gasteiger partial charge >= 0.3 is 0 Å². The summed E-state index contributed by atoms with van der Waals surface area (Å²) in [7, 11) is 2.06. The molecule has 0 radical (unpaired) electrons. The zero-order valence-electron chi connectivity index (χ0n) is 12.4. The first-order chi connectivity index (χ1) is 9.27. The van der Waals surface area contributed by atoms with Crippen LogP contribution in [0.15, 0.2) is 12.4 Å². The molecule has 108 valence electrons. The van der Waals surface area contributed by atoms with Crippen molar-refractivity contribution in [1.29, 1.82) is 0 Å². The van der Waals surface area contributed by atoms with Crippen LogP contribution in [0.25, 0.3) is 0 Å². The van der Waals surface area contributed by atoms with Crippen molar-refractivity contribution in [3.63, 3.8) is 0 Å². The molecule has 4 nitrogen and oxygen atoms in total. The molecule has 1 aromatic rings. The van der Waals surface area contributed by atoms with Crippen LogP contribution in [0.2, 0.25) is 0 Å². The van der Waals surface area contributed by atoms with Crippen molar-refractivity contribution in [3.05, 3.63) is 18.2 Å². The number of aromatic nitrogens is 2. The Morgan fingerprint density at radius 2 is 2.26 bits per heavy atom. The van der Waals surface area contributed by atoms with Crippen LogP contribution in [-0.2, 0) is 13.5 Å². The van der Waals surface area contributed by atoms with Crippen molar-refractivity contribution < 1.29 is 0 Å². The third-order valence-electron chi connectivity index (χ3n) is 4.19. The summed E-state index contributed by atoms with van der Waals surface area (Å²) in [6.45, 7) is 7.06. The van der Waals surface area contributed by atoms with Gasteiger partial charge in [0.2, 0.25) is 0 Å². The summed E-state index contributed by atoms with van der Waals surface area (Å²) in [6, 6.07) is 0.793. The molecule has 1 aromatic heterocycles. The lowest BCUT2D eigenvalue weighted by molar-refractivity contribution is 0.159. The Bertz CT molecular complexity index is 361. The number of rotatable bonds is 7. The number of piperidine rings is 1. The summed E-state index contributed by atoms with van der Waals surface area (Å²) in [5.41, 5.74) is 0. The van der Waals surface area contributed by atoms with E-state index in [1.807, 2.05) is 12.4 Å². The van der Waals surface area contributed by atoms with Crippen LogP contribution in [0.3, 0.4) is 0 Å². The molecule has 1 aliphatic rings. The van der Waals surface area contributed by atoms with Gasteiger partial charge in [0, 0.05) is 38.4 Å². The van der Waals surface area contributed by atoms with Gasteiger partial charge in [-0.15, -0.1) is 0 Å². The van der Waals surface area contributed by atoms with E-state index in [-0.39, 0.29) is 0 Å². The van der Waals surface area contributed by atoms with Crippen molar-refractivity contribution in [2.75, 3.05) is 26.2 Å². The van der Waals surface area contributed by atoms with Crippen LogP contribution in [0.5, 0.6) is 0 Å². The van der Waals surface area contributed by atoms with Crippen LogP contribution >= 0.6 is 0 Å². The number of nitrogens with zero attached hydrogens (tertiary/aromatic N) is 3. The first kappa shape index (κ1) is 14.5. The Hall–Kier alpha value is -0.870. The van der Waals surface area contributed by atoms with E-state index in [4.69, 9.17) is 0 Å². The molecule has 2 rings (SSSR count). The van der Waals surface area contributed by atoms with E-state index < -0.39 is 0 Å². The summed E-state index contributed by atoms with van der Waals surface area (Å²) < 4.78 is 2.09. The number of hydrogen-bond acceptors (Lipinski definition) is 3. The lowest BCUT2D eigenvalue weighted by Crippen LogP contribution is -2.39. The minimum Gasteiger partial charge on any atom is -0.338 e. The minimum absolute atomic E-state index is 0.793. The van der Waals surface area contributed by atoms with E-state index in [0.717, 1.165) is 31.4 Å². The highest BCUT2D eigenvalue weighted by Gasteiger charge is 2.16. The van der Waals surface area contributed by atoms with E-state index in [1.165, 1.54) is 38.8 Å². The van der Waals surface area contributed by atoms with Gasteiger partial charge in [-0.05, 0) is 45.8 Å². The first-order valence-corrected chi connectivity index (χ1v) is 7.68. The fourth-order valence-corrected chi connectivity index (χ4v) is 2.86. The smallest absolute Gasteiger partial charge is 0.109 e. The third-order valence-corrected chi connectivity index (χ3v) is 4.19. The van der Waals surface area contributed by atoms with Gasteiger partial charge in [0.1, 0.15) is 5.82 Å². The Balaban J connectivity index is 1.51. The number of imidazole rings is 1. The van der Waals surface area contributed by atoms with Crippen molar-refractivity contribution >= 4 is 0 Å². The molecule has 1 fully saturated rings. The molecule has 1 saturated heterocycles. The largest absolute Gasteiger partial charge is 0.338 e. The molecule has 1 unspecified atom stereocenters. The second kappa shape index (κ2) is 7.65. The van der Waals surface area contributed by atoms with E-state index >= 15 is 0 Å². The van der Waals surface area contributed by atoms with E-state index in [1.54, 1.807) is 0 Å². The summed E-state index contributed by atoms with van der Waals surface area (Å²) in [5.74, 6) is 1.16. The normalized spacial score (nSPS) is 20.8. The molecular weight excluding hydrogens is 236 g/mol. The Labute approximate surface area is 117 Å². The van der Waals surface area contributed by atoms with Gasteiger partial charge in [0.15, 0.2) is 0 Å². The highest BCUT2D eigenvalue weighted by atomic mass is 15.2. The standard InChI is InChI=1S/C15H28N4/c1-14-6-3-4-11-19(14)12-5-8-16-9-7-15-17-10-13-18(15)2/h10,13-14,16H,3-9,11-12H2,1-2H3. The predicted octanol–water partition coefficient (Wildman–Crippen LogP) is 1.82. The maximum absolute atomic E-state index is 4.33. The van der Waals surface area contributed by atoms with Gasteiger partial charge in [-0.25, -0.2) is 4.98 Å². The fraction of sp³-hybridized carbons (Fsp3) is 0.800. The van der Waals surface area contributed by atoms with Gasteiger partial charge in [0.25, 0.3) is 0 Å². The second-order valence-electron chi connectivity index (χ2n) is 5.69. The van der Waals surface area contributed by atoms with Crippen molar-refractivity contribution in [2.24, 2.45) is 7.05 Å². The number of hydrogen-bond donors (Lipinski definition) is 1. The molecule has 0 aromatic carbocycles. The van der Waals surface area contributed by atoms with Gasteiger partial charge in [-0.3, -0.25) is 0 Å². The zero-order chi connectivity index (χ0) is 13.5. The highest BCUT2D eigenvalue weighted by molar-refractivity contribution is 4.91. The molecule has 1 atom stereocenters. The summed E-state index contributed by atoms with van der Waals surface area (Å²) in [5, 5.41) is 3.53. The molecule has 4 heteroatoms. The number of likely N-dealkylation sites (tertiary alicyclic amines) is 1. The number of aryl methyl sites for hydroxylation is 1. The van der Waals surface area contributed by atoms with E-state index in [9.17, 15) is 0 Å².